The van der Waals surface area contributed by atoms with Crippen LogP contribution in [0.1, 0.15) is 40.5 Å². The number of anilines is 2. The van der Waals surface area contributed by atoms with Gasteiger partial charge in [0.2, 0.25) is 22.0 Å². The highest BCUT2D eigenvalue weighted by Crippen LogP contribution is 2.33. The molecular formula is C24H31Cl2FN8O3S2. The second-order valence-corrected chi connectivity index (χ2v) is 12.2. The Morgan fingerprint density at radius 1 is 1.18 bits per heavy atom. The van der Waals surface area contributed by atoms with Gasteiger partial charge < -0.3 is 15.4 Å². The number of benzene rings is 1. The number of halogens is 3. The number of esters is 1. The highest BCUT2D eigenvalue weighted by atomic mass is 35.5. The molecule has 218 valence electrons. The summed E-state index contributed by atoms with van der Waals surface area (Å²) in [6.45, 7) is 10.1. The number of carbonyl (C=O) groups excluding carboxylic acids is 1. The normalized spacial score (nSPS) is 13.2. The third kappa shape index (κ3) is 9.18. The van der Waals surface area contributed by atoms with E-state index >= 15 is 0 Å². The number of nitrogens with one attached hydrogen (secondary N) is 2. The van der Waals surface area contributed by atoms with Crippen LogP contribution in [0.5, 0.6) is 0 Å². The molecule has 40 heavy (non-hydrogen) atoms. The summed E-state index contributed by atoms with van der Waals surface area (Å²) >= 11 is 13.9. The number of hydrogen-bond donors (Lipinski definition) is 2. The van der Waals surface area contributed by atoms with Crippen LogP contribution in [0.4, 0.5) is 22.0 Å². The van der Waals surface area contributed by atoms with Crippen LogP contribution in [0.15, 0.2) is 26.8 Å². The molecule has 3 heterocycles. The fourth-order valence-corrected chi connectivity index (χ4v) is 5.56. The van der Waals surface area contributed by atoms with Crippen LogP contribution in [0.2, 0.25) is 10.3 Å². The first-order chi connectivity index (χ1) is 18.9. The SMILES string of the molecule is CCNc1nc(Cl)nc(NC(C)(C)C)n1.COC(=O)CSc1cc(N=c2sc(=O)n3n2CCCC3)c(F)cc1Cl. The lowest BCUT2D eigenvalue weighted by Gasteiger charge is -2.20. The molecule has 2 N–H and O–H groups in total. The number of hydrogen-bond acceptors (Lipinski definition) is 11. The van der Waals surface area contributed by atoms with Crippen molar-refractivity contribution in [2.75, 3.05) is 30.0 Å². The zero-order valence-electron chi connectivity index (χ0n) is 22.8. The van der Waals surface area contributed by atoms with Crippen LogP contribution in [-0.2, 0) is 22.6 Å². The summed E-state index contributed by atoms with van der Waals surface area (Å²) in [4.78, 5) is 40.6. The number of ether oxygens (including phenoxy) is 1. The Kier molecular flexibility index (Phi) is 11.4. The van der Waals surface area contributed by atoms with Gasteiger partial charge in [0.15, 0.2) is 0 Å². The predicted octanol–water partition coefficient (Wildman–Crippen LogP) is 4.96. The summed E-state index contributed by atoms with van der Waals surface area (Å²) in [6.07, 6.45) is 1.90. The molecule has 0 fully saturated rings. The molecule has 0 bridgehead atoms. The van der Waals surface area contributed by atoms with E-state index in [1.54, 1.807) is 9.36 Å². The smallest absolute Gasteiger partial charge is 0.325 e. The average molecular weight is 634 g/mol. The van der Waals surface area contributed by atoms with Crippen molar-refractivity contribution in [3.05, 3.63) is 42.7 Å². The molecule has 1 aliphatic rings. The second kappa shape index (κ2) is 14.3. The largest absolute Gasteiger partial charge is 0.468 e. The van der Waals surface area contributed by atoms with E-state index in [1.165, 1.54) is 13.2 Å². The van der Waals surface area contributed by atoms with Gasteiger partial charge in [0.05, 0.1) is 17.9 Å². The van der Waals surface area contributed by atoms with Crippen molar-refractivity contribution < 1.29 is 13.9 Å². The zero-order chi connectivity index (χ0) is 29.4. The lowest BCUT2D eigenvalue weighted by Crippen LogP contribution is -2.31. The zero-order valence-corrected chi connectivity index (χ0v) is 25.9. The quantitative estimate of drug-likeness (QED) is 0.274. The Morgan fingerprint density at radius 2 is 1.85 bits per heavy atom. The summed E-state index contributed by atoms with van der Waals surface area (Å²) in [6, 6.07) is 2.64. The minimum absolute atomic E-state index is 0.0605. The molecule has 0 aliphatic carbocycles. The van der Waals surface area contributed by atoms with Gasteiger partial charge in [-0.15, -0.1) is 11.8 Å². The van der Waals surface area contributed by atoms with Gasteiger partial charge in [0.1, 0.15) is 11.5 Å². The maximum Gasteiger partial charge on any atom is 0.325 e. The maximum absolute atomic E-state index is 14.3. The van der Waals surface area contributed by atoms with Crippen molar-refractivity contribution in [3.63, 3.8) is 0 Å². The third-order valence-corrected chi connectivity index (χ3v) is 7.60. The fourth-order valence-electron chi connectivity index (χ4n) is 3.41. The van der Waals surface area contributed by atoms with Crippen LogP contribution in [-0.4, -0.2) is 55.2 Å². The Morgan fingerprint density at radius 3 is 2.50 bits per heavy atom. The molecule has 2 aromatic heterocycles. The molecule has 3 aromatic rings. The summed E-state index contributed by atoms with van der Waals surface area (Å²) in [5, 5.41) is 6.51. The second-order valence-electron chi connectivity index (χ2n) is 9.47. The molecule has 1 aromatic carbocycles. The van der Waals surface area contributed by atoms with Crippen LogP contribution in [0.25, 0.3) is 0 Å². The Bertz CT molecular complexity index is 1470. The number of methoxy groups -OCH3 is 1. The van der Waals surface area contributed by atoms with Crippen LogP contribution in [0.3, 0.4) is 0 Å². The Balaban J connectivity index is 0.000000252. The number of rotatable bonds is 7. The van der Waals surface area contributed by atoms with Gasteiger partial charge in [-0.1, -0.05) is 11.6 Å². The van der Waals surface area contributed by atoms with Gasteiger partial charge in [0, 0.05) is 30.1 Å². The Hall–Kier alpha value is -2.68. The highest BCUT2D eigenvalue weighted by molar-refractivity contribution is 8.00. The lowest BCUT2D eigenvalue weighted by atomic mass is 10.1. The van der Waals surface area contributed by atoms with E-state index in [9.17, 15) is 14.0 Å². The maximum atomic E-state index is 14.3. The predicted molar refractivity (Wildman–Crippen MR) is 158 cm³/mol. The molecule has 0 unspecified atom stereocenters. The van der Waals surface area contributed by atoms with Crippen LogP contribution in [0, 0.1) is 5.82 Å². The standard InChI is InChI=1S/C15H15ClFN3O3S2.C9H16ClN5/c1-23-13(21)8-24-12-7-11(10(17)6-9(12)16)18-14-19-4-2-3-5-20(19)15(22)25-14;1-5-11-7-12-6(10)13-8(14-7)15-9(2,3)4/h6-7H,2-5,8H2,1H3;5H2,1-4H3,(H2,11,12,13,14,15). The Labute approximate surface area is 249 Å². The summed E-state index contributed by atoms with van der Waals surface area (Å²) < 4.78 is 22.3. The molecule has 0 saturated carbocycles. The summed E-state index contributed by atoms with van der Waals surface area (Å²) in [7, 11) is 1.30. The van der Waals surface area contributed by atoms with Gasteiger partial charge in [0.25, 0.3) is 0 Å². The molecule has 16 heteroatoms. The van der Waals surface area contributed by atoms with Crippen molar-refractivity contribution in [2.45, 2.75) is 64.1 Å². The molecule has 0 amide bonds. The van der Waals surface area contributed by atoms with E-state index in [0.717, 1.165) is 48.6 Å². The van der Waals surface area contributed by atoms with Crippen molar-refractivity contribution in [2.24, 2.45) is 4.99 Å². The van der Waals surface area contributed by atoms with Crippen molar-refractivity contribution >= 4 is 69.9 Å². The van der Waals surface area contributed by atoms with E-state index in [2.05, 4.69) is 35.3 Å². The molecule has 0 radical (unpaired) electrons. The molecule has 0 atom stereocenters. The van der Waals surface area contributed by atoms with Gasteiger partial charge >= 0.3 is 10.8 Å². The van der Waals surface area contributed by atoms with E-state index in [4.69, 9.17) is 23.2 Å². The van der Waals surface area contributed by atoms with E-state index < -0.39 is 11.8 Å². The molecule has 0 saturated heterocycles. The molecule has 0 spiro atoms. The topological polar surface area (TPSA) is 128 Å². The summed E-state index contributed by atoms with van der Waals surface area (Å²) in [5.41, 5.74) is -0.0201. The van der Waals surface area contributed by atoms with Crippen LogP contribution >= 0.6 is 46.3 Å². The van der Waals surface area contributed by atoms with Gasteiger partial charge in [-0.2, -0.15) is 15.0 Å². The van der Waals surface area contributed by atoms with Gasteiger partial charge in [-0.05, 0) is 75.6 Å². The number of thioether (sulfide) groups is 1. The first-order valence-electron chi connectivity index (χ1n) is 12.4. The van der Waals surface area contributed by atoms with Crippen molar-refractivity contribution in [3.8, 4) is 0 Å². The van der Waals surface area contributed by atoms with Crippen LogP contribution < -0.4 is 20.3 Å². The summed E-state index contributed by atoms with van der Waals surface area (Å²) in [5.74, 6) is 0.0515. The van der Waals surface area contributed by atoms with E-state index in [-0.39, 0.29) is 32.2 Å². The highest BCUT2D eigenvalue weighted by Gasteiger charge is 2.16. The van der Waals surface area contributed by atoms with E-state index in [0.29, 0.717) is 34.7 Å². The molecule has 1 aliphatic heterocycles. The number of fused-ring (bicyclic) bond motifs is 1. The monoisotopic (exact) mass is 632 g/mol. The number of nitrogens with zero attached hydrogens (tertiary/aromatic N) is 6. The lowest BCUT2D eigenvalue weighted by molar-refractivity contribution is -0.137. The number of carbonyl (C=O) groups is 1. The fraction of sp³-hybridized carbons (Fsp3) is 0.500. The van der Waals surface area contributed by atoms with Gasteiger partial charge in [-0.3, -0.25) is 14.3 Å². The van der Waals surface area contributed by atoms with Gasteiger partial charge in [-0.25, -0.2) is 14.1 Å². The average Bonchev–Trinajstić information content (AvgIpc) is 3.19. The minimum Gasteiger partial charge on any atom is -0.468 e. The molecule has 4 rings (SSSR count). The van der Waals surface area contributed by atoms with E-state index in [1.807, 2.05) is 27.7 Å². The molecular weight excluding hydrogens is 602 g/mol. The number of aromatic nitrogens is 5. The van der Waals surface area contributed by atoms with Crippen molar-refractivity contribution in [1.82, 2.24) is 24.3 Å². The first-order valence-corrected chi connectivity index (χ1v) is 14.9. The first kappa shape index (κ1) is 31.8. The molecule has 11 nitrogen and oxygen atoms in total. The van der Waals surface area contributed by atoms with Crippen molar-refractivity contribution in [1.29, 1.82) is 0 Å². The minimum atomic E-state index is -0.580. The third-order valence-electron chi connectivity index (χ3n) is 5.11.